The van der Waals surface area contributed by atoms with Crippen molar-refractivity contribution in [3.05, 3.63) is 114 Å². The average molecular weight is 369 g/mol. The van der Waals surface area contributed by atoms with Crippen molar-refractivity contribution in [1.29, 1.82) is 0 Å². The van der Waals surface area contributed by atoms with E-state index in [9.17, 15) is 4.79 Å². The third-order valence-electron chi connectivity index (χ3n) is 4.52. The molecule has 0 saturated heterocycles. The molecular formula is C22H19N5O. The Hall–Kier alpha value is -3.77. The number of hydrogen-bond acceptors (Lipinski definition) is 5. The first-order valence-electron chi connectivity index (χ1n) is 8.88. The standard InChI is InChI=1S/C22H19N5O/c28-21(26-24-16-17-8-7-13-23-15-17)20-14-22(27-25-20,18-9-3-1-4-10-18)19-11-5-2-6-12-19/h1-16,25,27H,(H,26,28). The number of carbonyl (C=O) groups is 1. The van der Waals surface area contributed by atoms with Gasteiger partial charge in [0.15, 0.2) is 0 Å². The summed E-state index contributed by atoms with van der Waals surface area (Å²) in [6.07, 6.45) is 6.78. The van der Waals surface area contributed by atoms with Gasteiger partial charge in [0.05, 0.1) is 6.21 Å². The highest BCUT2D eigenvalue weighted by Crippen LogP contribution is 2.34. The number of rotatable bonds is 5. The first-order chi connectivity index (χ1) is 13.8. The van der Waals surface area contributed by atoms with E-state index in [1.807, 2.05) is 78.9 Å². The number of hydrogen-bond donors (Lipinski definition) is 3. The Morgan fingerprint density at radius 3 is 2.25 bits per heavy atom. The van der Waals surface area contributed by atoms with Gasteiger partial charge in [-0.25, -0.2) is 10.9 Å². The summed E-state index contributed by atoms with van der Waals surface area (Å²) in [7, 11) is 0. The van der Waals surface area contributed by atoms with Gasteiger partial charge in [-0.3, -0.25) is 9.78 Å². The van der Waals surface area contributed by atoms with Gasteiger partial charge >= 0.3 is 0 Å². The molecule has 1 aliphatic heterocycles. The maximum atomic E-state index is 12.6. The molecule has 6 heteroatoms. The highest BCUT2D eigenvalue weighted by atomic mass is 16.2. The maximum Gasteiger partial charge on any atom is 0.288 e. The summed E-state index contributed by atoms with van der Waals surface area (Å²) in [4.78, 5) is 16.6. The van der Waals surface area contributed by atoms with Crippen LogP contribution in [0.2, 0.25) is 0 Å². The molecule has 0 atom stereocenters. The smallest absolute Gasteiger partial charge is 0.288 e. The second kappa shape index (κ2) is 7.85. The predicted octanol–water partition coefficient (Wildman–Crippen LogP) is 2.47. The van der Waals surface area contributed by atoms with Crippen molar-refractivity contribution in [3.63, 3.8) is 0 Å². The van der Waals surface area contributed by atoms with Gasteiger partial charge in [0.1, 0.15) is 11.2 Å². The summed E-state index contributed by atoms with van der Waals surface area (Å²) < 4.78 is 0. The molecule has 0 bridgehead atoms. The average Bonchev–Trinajstić information content (AvgIpc) is 3.23. The molecule has 2 aromatic carbocycles. The number of benzene rings is 2. The lowest BCUT2D eigenvalue weighted by atomic mass is 9.83. The zero-order valence-corrected chi connectivity index (χ0v) is 15.0. The van der Waals surface area contributed by atoms with Crippen LogP contribution in [0.5, 0.6) is 0 Å². The van der Waals surface area contributed by atoms with Gasteiger partial charge in [-0.05, 0) is 23.3 Å². The van der Waals surface area contributed by atoms with Crippen LogP contribution in [-0.4, -0.2) is 17.1 Å². The van der Waals surface area contributed by atoms with E-state index in [1.54, 1.807) is 18.6 Å². The van der Waals surface area contributed by atoms with E-state index in [1.165, 1.54) is 0 Å². The predicted molar refractivity (Wildman–Crippen MR) is 108 cm³/mol. The number of hydrazone groups is 1. The van der Waals surface area contributed by atoms with Gasteiger partial charge in [-0.2, -0.15) is 5.10 Å². The molecule has 0 radical (unpaired) electrons. The minimum atomic E-state index is -0.651. The van der Waals surface area contributed by atoms with E-state index in [4.69, 9.17) is 0 Å². The molecule has 3 aromatic rings. The van der Waals surface area contributed by atoms with Crippen LogP contribution in [0.3, 0.4) is 0 Å². The quantitative estimate of drug-likeness (QED) is 0.477. The van der Waals surface area contributed by atoms with Gasteiger partial charge < -0.3 is 5.43 Å². The number of pyridine rings is 1. The molecule has 3 N–H and O–H groups in total. The number of amides is 1. The van der Waals surface area contributed by atoms with Crippen molar-refractivity contribution in [1.82, 2.24) is 21.3 Å². The third-order valence-corrected chi connectivity index (χ3v) is 4.52. The fourth-order valence-corrected chi connectivity index (χ4v) is 3.13. The van der Waals surface area contributed by atoms with E-state index in [2.05, 4.69) is 26.4 Å². The Morgan fingerprint density at radius 2 is 1.64 bits per heavy atom. The van der Waals surface area contributed by atoms with Crippen LogP contribution in [0.4, 0.5) is 0 Å². The number of carbonyl (C=O) groups excluding carboxylic acids is 1. The summed E-state index contributed by atoms with van der Waals surface area (Å²) in [5.41, 5.74) is 11.4. The lowest BCUT2D eigenvalue weighted by molar-refractivity contribution is -0.117. The van der Waals surface area contributed by atoms with E-state index in [0.29, 0.717) is 5.70 Å². The van der Waals surface area contributed by atoms with Crippen molar-refractivity contribution in [3.8, 4) is 0 Å². The normalized spacial score (nSPS) is 15.1. The third kappa shape index (κ3) is 3.54. The number of aromatic nitrogens is 1. The zero-order chi connectivity index (χ0) is 19.2. The molecule has 1 amide bonds. The molecule has 0 aliphatic carbocycles. The Labute approximate surface area is 163 Å². The number of nitrogens with zero attached hydrogens (tertiary/aromatic N) is 2. The Morgan fingerprint density at radius 1 is 0.964 bits per heavy atom. The SMILES string of the molecule is O=C(NN=Cc1cccnc1)C1=CC(c2ccccc2)(c2ccccc2)NN1. The molecule has 1 aromatic heterocycles. The van der Waals surface area contributed by atoms with Gasteiger partial charge in [-0.1, -0.05) is 66.7 Å². The number of hydrazine groups is 1. The summed E-state index contributed by atoms with van der Waals surface area (Å²) in [5, 5.41) is 4.01. The van der Waals surface area contributed by atoms with Crippen LogP contribution in [0.15, 0.2) is 102 Å². The summed E-state index contributed by atoms with van der Waals surface area (Å²) in [6, 6.07) is 23.6. The van der Waals surface area contributed by atoms with Crippen LogP contribution in [0, 0.1) is 0 Å². The lowest BCUT2D eigenvalue weighted by Gasteiger charge is -2.28. The first kappa shape index (κ1) is 17.6. The topological polar surface area (TPSA) is 78.4 Å². The van der Waals surface area contributed by atoms with Crippen molar-refractivity contribution < 1.29 is 4.79 Å². The van der Waals surface area contributed by atoms with Crippen molar-refractivity contribution in [2.45, 2.75) is 5.54 Å². The van der Waals surface area contributed by atoms with Crippen LogP contribution < -0.4 is 16.3 Å². The molecule has 2 heterocycles. The second-order valence-electron chi connectivity index (χ2n) is 6.33. The lowest BCUT2D eigenvalue weighted by Crippen LogP contribution is -2.44. The molecule has 6 nitrogen and oxygen atoms in total. The fraction of sp³-hybridized carbons (Fsp3) is 0.0455. The van der Waals surface area contributed by atoms with Crippen molar-refractivity contribution in [2.24, 2.45) is 5.10 Å². The Bertz CT molecular complexity index is 961. The first-order valence-corrected chi connectivity index (χ1v) is 8.88. The van der Waals surface area contributed by atoms with E-state index in [-0.39, 0.29) is 5.91 Å². The minimum Gasteiger partial charge on any atom is -0.315 e. The highest BCUT2D eigenvalue weighted by Gasteiger charge is 2.38. The zero-order valence-electron chi connectivity index (χ0n) is 15.0. The van der Waals surface area contributed by atoms with Crippen LogP contribution in [0.1, 0.15) is 16.7 Å². The summed E-state index contributed by atoms with van der Waals surface area (Å²) >= 11 is 0. The van der Waals surface area contributed by atoms with Gasteiger partial charge in [-0.15, -0.1) is 0 Å². The molecule has 0 unspecified atom stereocenters. The van der Waals surface area contributed by atoms with E-state index >= 15 is 0 Å². The molecule has 1 aliphatic rings. The largest absolute Gasteiger partial charge is 0.315 e. The van der Waals surface area contributed by atoms with Crippen LogP contribution in [0.25, 0.3) is 0 Å². The molecule has 138 valence electrons. The molecule has 28 heavy (non-hydrogen) atoms. The highest BCUT2D eigenvalue weighted by molar-refractivity contribution is 5.94. The van der Waals surface area contributed by atoms with E-state index < -0.39 is 5.54 Å². The van der Waals surface area contributed by atoms with Crippen molar-refractivity contribution in [2.75, 3.05) is 0 Å². The fourth-order valence-electron chi connectivity index (χ4n) is 3.13. The second-order valence-corrected chi connectivity index (χ2v) is 6.33. The Balaban J connectivity index is 1.60. The number of nitrogens with one attached hydrogen (secondary N) is 3. The molecule has 0 fully saturated rings. The van der Waals surface area contributed by atoms with Gasteiger partial charge in [0.2, 0.25) is 0 Å². The van der Waals surface area contributed by atoms with Crippen molar-refractivity contribution >= 4 is 12.1 Å². The van der Waals surface area contributed by atoms with Crippen LogP contribution in [-0.2, 0) is 10.3 Å². The Kier molecular flexibility index (Phi) is 4.95. The molecule has 4 rings (SSSR count). The minimum absolute atomic E-state index is 0.332. The van der Waals surface area contributed by atoms with Gasteiger partial charge in [0, 0.05) is 18.0 Å². The maximum absolute atomic E-state index is 12.6. The molecular weight excluding hydrogens is 350 g/mol. The van der Waals surface area contributed by atoms with E-state index in [0.717, 1.165) is 16.7 Å². The molecule has 0 saturated carbocycles. The summed E-state index contributed by atoms with van der Waals surface area (Å²) in [5.74, 6) is -0.332. The van der Waals surface area contributed by atoms with Gasteiger partial charge in [0.25, 0.3) is 5.91 Å². The monoisotopic (exact) mass is 369 g/mol. The summed E-state index contributed by atoms with van der Waals surface area (Å²) in [6.45, 7) is 0. The molecule has 0 spiro atoms. The van der Waals surface area contributed by atoms with Crippen LogP contribution >= 0.6 is 0 Å².